The zero-order valence-corrected chi connectivity index (χ0v) is 19.3. The van der Waals surface area contributed by atoms with Crippen molar-refractivity contribution in [1.82, 2.24) is 19.5 Å². The highest BCUT2D eigenvalue weighted by atomic mass is 79.9. The van der Waals surface area contributed by atoms with Crippen LogP contribution in [0.5, 0.6) is 11.6 Å². The lowest BCUT2D eigenvalue weighted by atomic mass is 10.1. The van der Waals surface area contributed by atoms with Crippen molar-refractivity contribution in [2.24, 2.45) is 0 Å². The largest absolute Gasteiger partial charge is 0.492 e. The molecule has 4 N–H and O–H groups in total. The molecule has 0 unspecified atom stereocenters. The number of hydrogen-bond acceptors (Lipinski definition) is 9. The predicted molar refractivity (Wildman–Crippen MR) is 126 cm³/mol. The number of rotatable bonds is 5. The molecule has 1 aromatic carbocycles. The lowest BCUT2D eigenvalue weighted by molar-refractivity contribution is 0.0128. The summed E-state index contributed by atoms with van der Waals surface area (Å²) in [5, 5.41) is 22.3. The number of aliphatic hydroxyl groups excluding tert-OH is 2. The summed E-state index contributed by atoms with van der Waals surface area (Å²) < 4.78 is 13.8. The Balaban J connectivity index is 1.34. The number of halogens is 1. The van der Waals surface area contributed by atoms with Crippen LogP contribution in [0.1, 0.15) is 5.37 Å². The molecule has 0 bridgehead atoms. The number of hydrogen-bond donors (Lipinski definition) is 3. The average molecular weight is 518 g/mol. The highest BCUT2D eigenvalue weighted by Gasteiger charge is 2.44. The van der Waals surface area contributed by atoms with E-state index in [1.54, 1.807) is 13.2 Å². The Bertz CT molecular complexity index is 1300. The third-order valence-electron chi connectivity index (χ3n) is 5.46. The number of pyridine rings is 1. The lowest BCUT2D eigenvalue weighted by Gasteiger charge is -2.17. The molecule has 32 heavy (non-hydrogen) atoms. The molecule has 5 rings (SSSR count). The standard InChI is InChI=1S/C21H20BrN5O4S/c1-30-20-12-4-5-27(19(12)24-9-25-20)21-17(29)16(28)15(32-21)8-31-11-3-2-10-6-13(22)18(23)26-14(10)7-11/h2-7,9,15-17,21,28-29H,8H2,1H3,(H2,23,26)/t15-,16-,17-,21-/m1/s1. The zero-order valence-electron chi connectivity index (χ0n) is 16.9. The fraction of sp³-hybridized carbons (Fsp3) is 0.286. The molecule has 0 saturated carbocycles. The van der Waals surface area contributed by atoms with Crippen LogP contribution in [0.3, 0.4) is 0 Å². The van der Waals surface area contributed by atoms with Gasteiger partial charge in [0.2, 0.25) is 5.88 Å². The maximum Gasteiger partial charge on any atom is 0.225 e. The van der Waals surface area contributed by atoms with E-state index >= 15 is 0 Å². The predicted octanol–water partition coefficient (Wildman–Crippen LogP) is 2.75. The summed E-state index contributed by atoms with van der Waals surface area (Å²) in [5.41, 5.74) is 7.23. The number of nitrogens with two attached hydrogens (primary N) is 1. The molecule has 166 valence electrons. The van der Waals surface area contributed by atoms with E-state index in [1.807, 2.05) is 35.0 Å². The Morgan fingerprint density at radius 2 is 2.03 bits per heavy atom. The second kappa shape index (κ2) is 8.39. The number of ether oxygens (including phenoxy) is 2. The highest BCUT2D eigenvalue weighted by molar-refractivity contribution is 9.10. The van der Waals surface area contributed by atoms with Gasteiger partial charge in [-0.2, -0.15) is 0 Å². The molecule has 0 amide bonds. The third-order valence-corrected chi connectivity index (χ3v) is 7.65. The van der Waals surface area contributed by atoms with Gasteiger partial charge >= 0.3 is 0 Å². The van der Waals surface area contributed by atoms with Gasteiger partial charge in [-0.15, -0.1) is 11.8 Å². The molecular formula is C21H20BrN5O4S. The molecule has 1 aliphatic rings. The Morgan fingerprint density at radius 1 is 1.19 bits per heavy atom. The van der Waals surface area contributed by atoms with Crippen molar-refractivity contribution in [1.29, 1.82) is 0 Å². The summed E-state index contributed by atoms with van der Waals surface area (Å²) in [6.45, 7) is 0.217. The summed E-state index contributed by atoms with van der Waals surface area (Å²) in [4.78, 5) is 12.8. The molecule has 1 aliphatic heterocycles. The first-order valence-corrected chi connectivity index (χ1v) is 11.6. The van der Waals surface area contributed by atoms with Gasteiger partial charge in [0, 0.05) is 17.6 Å². The molecule has 9 nitrogen and oxygen atoms in total. The average Bonchev–Trinajstić information content (AvgIpc) is 3.34. The highest BCUT2D eigenvalue weighted by Crippen LogP contribution is 2.44. The second-order valence-corrected chi connectivity index (χ2v) is 9.63. The third kappa shape index (κ3) is 3.64. The number of anilines is 1. The van der Waals surface area contributed by atoms with Gasteiger partial charge < -0.3 is 30.0 Å². The molecule has 4 heterocycles. The van der Waals surface area contributed by atoms with Crippen LogP contribution < -0.4 is 15.2 Å². The summed E-state index contributed by atoms with van der Waals surface area (Å²) in [6.07, 6.45) is 1.28. The fourth-order valence-corrected chi connectivity index (χ4v) is 5.60. The molecule has 1 saturated heterocycles. The van der Waals surface area contributed by atoms with Crippen molar-refractivity contribution in [3.8, 4) is 11.6 Å². The summed E-state index contributed by atoms with van der Waals surface area (Å²) in [5.74, 6) is 1.48. The van der Waals surface area contributed by atoms with E-state index in [-0.39, 0.29) is 11.9 Å². The van der Waals surface area contributed by atoms with Gasteiger partial charge in [0.05, 0.1) is 33.8 Å². The summed E-state index contributed by atoms with van der Waals surface area (Å²) in [6, 6.07) is 9.29. The normalized spacial score (nSPS) is 23.1. The SMILES string of the molecule is COc1ncnc2c1ccn2[C@@H]1S[C@H](COc2ccc3cc(Br)c(N)nc3c2)[C@@H](O)[C@H]1O. The molecule has 11 heteroatoms. The van der Waals surface area contributed by atoms with Crippen molar-refractivity contribution >= 4 is 55.4 Å². The van der Waals surface area contributed by atoms with Gasteiger partial charge in [-0.1, -0.05) is 0 Å². The molecule has 1 fully saturated rings. The van der Waals surface area contributed by atoms with E-state index in [0.29, 0.717) is 28.6 Å². The van der Waals surface area contributed by atoms with Crippen molar-refractivity contribution < 1.29 is 19.7 Å². The Kier molecular flexibility index (Phi) is 5.58. The van der Waals surface area contributed by atoms with Gasteiger partial charge in [-0.3, -0.25) is 0 Å². The molecule has 4 aromatic rings. The Hall–Kier alpha value is -2.60. The quantitative estimate of drug-likeness (QED) is 0.365. The van der Waals surface area contributed by atoms with Crippen molar-refractivity contribution in [3.63, 3.8) is 0 Å². The minimum atomic E-state index is -0.986. The van der Waals surface area contributed by atoms with Crippen LogP contribution in [0.4, 0.5) is 5.82 Å². The molecule has 0 radical (unpaired) electrons. The van der Waals surface area contributed by atoms with E-state index < -0.39 is 17.6 Å². The van der Waals surface area contributed by atoms with Crippen LogP contribution >= 0.6 is 27.7 Å². The van der Waals surface area contributed by atoms with E-state index in [0.717, 1.165) is 15.2 Å². The van der Waals surface area contributed by atoms with Gasteiger partial charge in [0.15, 0.2) is 0 Å². The van der Waals surface area contributed by atoms with E-state index in [9.17, 15) is 10.2 Å². The summed E-state index contributed by atoms with van der Waals surface area (Å²) >= 11 is 4.81. The first kappa shape index (κ1) is 21.3. The van der Waals surface area contributed by atoms with Crippen molar-refractivity contribution in [2.75, 3.05) is 19.5 Å². The number of nitrogens with zero attached hydrogens (tertiary/aromatic N) is 4. The number of thioether (sulfide) groups is 1. The maximum absolute atomic E-state index is 10.7. The number of benzene rings is 1. The summed E-state index contributed by atoms with van der Waals surface area (Å²) in [7, 11) is 1.55. The minimum Gasteiger partial charge on any atom is -0.492 e. The van der Waals surface area contributed by atoms with Gasteiger partial charge in [-0.05, 0) is 40.2 Å². The van der Waals surface area contributed by atoms with Crippen LogP contribution in [-0.4, -0.2) is 60.9 Å². The van der Waals surface area contributed by atoms with Crippen LogP contribution in [-0.2, 0) is 0 Å². The van der Waals surface area contributed by atoms with Crippen molar-refractivity contribution in [3.05, 3.63) is 47.3 Å². The molecule has 4 atom stereocenters. The number of fused-ring (bicyclic) bond motifs is 2. The van der Waals surface area contributed by atoms with E-state index in [2.05, 4.69) is 30.9 Å². The second-order valence-electron chi connectivity index (χ2n) is 7.41. The number of nitrogen functional groups attached to an aromatic ring is 1. The first-order chi connectivity index (χ1) is 15.5. The van der Waals surface area contributed by atoms with E-state index in [1.165, 1.54) is 18.1 Å². The van der Waals surface area contributed by atoms with Crippen LogP contribution in [0.2, 0.25) is 0 Å². The van der Waals surface area contributed by atoms with Gasteiger partial charge in [0.1, 0.15) is 41.6 Å². The van der Waals surface area contributed by atoms with Crippen LogP contribution in [0.25, 0.3) is 21.9 Å². The van der Waals surface area contributed by atoms with Crippen LogP contribution in [0, 0.1) is 0 Å². The molecular weight excluding hydrogens is 498 g/mol. The topological polar surface area (TPSA) is 129 Å². The molecule has 0 spiro atoms. The zero-order chi connectivity index (χ0) is 22.4. The van der Waals surface area contributed by atoms with E-state index in [4.69, 9.17) is 15.2 Å². The first-order valence-electron chi connectivity index (χ1n) is 9.82. The number of aliphatic hydroxyl groups is 2. The van der Waals surface area contributed by atoms with Crippen LogP contribution in [0.15, 0.2) is 47.3 Å². The van der Waals surface area contributed by atoms with Crippen molar-refractivity contribution in [2.45, 2.75) is 22.8 Å². The number of methoxy groups -OCH3 is 1. The monoisotopic (exact) mass is 517 g/mol. The minimum absolute atomic E-state index is 0.217. The Morgan fingerprint density at radius 3 is 2.84 bits per heavy atom. The molecule has 0 aliphatic carbocycles. The van der Waals surface area contributed by atoms with Gasteiger partial charge in [0.25, 0.3) is 0 Å². The fourth-order valence-electron chi connectivity index (χ4n) is 3.82. The lowest BCUT2D eigenvalue weighted by Crippen LogP contribution is -2.34. The maximum atomic E-state index is 10.7. The molecule has 3 aromatic heterocycles. The Labute approximate surface area is 195 Å². The smallest absolute Gasteiger partial charge is 0.225 e. The van der Waals surface area contributed by atoms with Gasteiger partial charge in [-0.25, -0.2) is 15.0 Å². The number of aromatic nitrogens is 4.